The first kappa shape index (κ1) is 27.3. The van der Waals surface area contributed by atoms with Crippen LogP contribution in [0.5, 0.6) is 0 Å². The Morgan fingerprint density at radius 2 is 1.79 bits per heavy atom. The molecule has 0 bridgehead atoms. The summed E-state index contributed by atoms with van der Waals surface area (Å²) in [5, 5.41) is 10.1. The predicted octanol–water partition coefficient (Wildman–Crippen LogP) is 6.53. The maximum Gasteiger partial charge on any atom is 0.320 e. The lowest BCUT2D eigenvalue weighted by Crippen LogP contribution is -2.43. The van der Waals surface area contributed by atoms with Crippen LogP contribution in [0, 0.1) is 30.5 Å². The van der Waals surface area contributed by atoms with Gasteiger partial charge in [0.05, 0.1) is 0 Å². The van der Waals surface area contributed by atoms with Crippen LogP contribution in [0.3, 0.4) is 0 Å². The SMILES string of the molecule is Cc1cc(F)ccc1CCCC1CCN(CC2CN(C(CC3CCC3)C(=O)O)CC2c2ccccc2)CC1. The molecule has 3 unspecified atom stereocenters. The maximum absolute atomic E-state index is 13.4. The number of halogens is 1. The Bertz CT molecular complexity index is 1050. The van der Waals surface area contributed by atoms with Crippen LogP contribution < -0.4 is 0 Å². The fourth-order valence-electron chi connectivity index (χ4n) is 7.18. The summed E-state index contributed by atoms with van der Waals surface area (Å²) in [7, 11) is 0. The first-order chi connectivity index (χ1) is 18.5. The van der Waals surface area contributed by atoms with Crippen LogP contribution in [-0.2, 0) is 11.2 Å². The Kier molecular flexibility index (Phi) is 9.16. The lowest BCUT2D eigenvalue weighted by atomic mass is 9.80. The van der Waals surface area contributed by atoms with Gasteiger partial charge in [-0.15, -0.1) is 0 Å². The largest absolute Gasteiger partial charge is 0.480 e. The first-order valence-corrected chi connectivity index (χ1v) is 15.0. The molecule has 0 amide bonds. The number of benzene rings is 2. The van der Waals surface area contributed by atoms with Gasteiger partial charge >= 0.3 is 5.97 Å². The highest BCUT2D eigenvalue weighted by Gasteiger charge is 2.41. The molecule has 2 aromatic rings. The van der Waals surface area contributed by atoms with Crippen LogP contribution in [0.25, 0.3) is 0 Å². The third-order valence-corrected chi connectivity index (χ3v) is 9.77. The van der Waals surface area contributed by atoms with Crippen molar-refractivity contribution in [3.63, 3.8) is 0 Å². The van der Waals surface area contributed by atoms with Gasteiger partial charge < -0.3 is 10.0 Å². The van der Waals surface area contributed by atoms with E-state index < -0.39 is 5.97 Å². The number of carboxylic acids is 1. The molecule has 4 nitrogen and oxygen atoms in total. The second kappa shape index (κ2) is 12.7. The summed E-state index contributed by atoms with van der Waals surface area (Å²) in [6.07, 6.45) is 10.4. The van der Waals surface area contributed by atoms with E-state index in [0.717, 1.165) is 57.0 Å². The highest BCUT2D eigenvalue weighted by molar-refractivity contribution is 5.73. The fourth-order valence-corrected chi connectivity index (χ4v) is 7.18. The van der Waals surface area contributed by atoms with E-state index in [0.29, 0.717) is 17.8 Å². The molecular formula is C33H45FN2O2. The van der Waals surface area contributed by atoms with Gasteiger partial charge in [0.15, 0.2) is 0 Å². The molecule has 1 N–H and O–H groups in total. The number of aliphatic carboxylic acids is 1. The van der Waals surface area contributed by atoms with Crippen molar-refractivity contribution in [2.45, 2.75) is 76.7 Å². The van der Waals surface area contributed by atoms with Gasteiger partial charge in [0.25, 0.3) is 0 Å². The Morgan fingerprint density at radius 3 is 2.45 bits per heavy atom. The van der Waals surface area contributed by atoms with E-state index in [9.17, 15) is 14.3 Å². The number of rotatable bonds is 11. The molecule has 2 saturated heterocycles. The summed E-state index contributed by atoms with van der Waals surface area (Å²) in [6.45, 7) is 7.10. The summed E-state index contributed by atoms with van der Waals surface area (Å²) in [5.41, 5.74) is 3.70. The highest BCUT2D eigenvalue weighted by atomic mass is 19.1. The molecule has 0 spiro atoms. The average molecular weight is 521 g/mol. The molecule has 3 fully saturated rings. The minimum absolute atomic E-state index is 0.143. The minimum atomic E-state index is -0.638. The number of hydrogen-bond donors (Lipinski definition) is 1. The van der Waals surface area contributed by atoms with Crippen molar-refractivity contribution in [2.75, 3.05) is 32.7 Å². The number of piperidine rings is 1. The number of nitrogens with zero attached hydrogens (tertiary/aromatic N) is 2. The molecule has 3 aliphatic rings. The lowest BCUT2D eigenvalue weighted by molar-refractivity contribution is -0.144. The van der Waals surface area contributed by atoms with Crippen LogP contribution in [0.2, 0.25) is 0 Å². The van der Waals surface area contributed by atoms with Gasteiger partial charge in [-0.25, -0.2) is 4.39 Å². The summed E-state index contributed by atoms with van der Waals surface area (Å²) < 4.78 is 13.4. The Balaban J connectivity index is 1.14. The Morgan fingerprint density at radius 1 is 1.03 bits per heavy atom. The third kappa shape index (κ3) is 6.84. The standard InChI is InChI=1S/C33H45FN2O2/c1-24-19-30(34)14-13-27(24)12-6-7-25-15-17-35(18-16-25)21-29-22-36(23-31(29)28-10-3-2-4-11-28)32(33(37)38)20-26-8-5-9-26/h2-4,10-11,13-14,19,25-26,29,31-32H,5-9,12,15-18,20-23H2,1H3,(H,37,38). The van der Waals surface area contributed by atoms with Crippen molar-refractivity contribution in [3.05, 3.63) is 71.0 Å². The summed E-state index contributed by atoms with van der Waals surface area (Å²) in [5.74, 6) is 1.46. The third-order valence-electron chi connectivity index (χ3n) is 9.77. The molecule has 5 rings (SSSR count). The Labute approximate surface area is 228 Å². The lowest BCUT2D eigenvalue weighted by Gasteiger charge is -2.35. The van der Waals surface area contributed by atoms with E-state index in [-0.39, 0.29) is 11.9 Å². The van der Waals surface area contributed by atoms with Gasteiger partial charge in [0.1, 0.15) is 11.9 Å². The Hall–Kier alpha value is -2.24. The number of carbonyl (C=O) groups is 1. The van der Waals surface area contributed by atoms with Crippen molar-refractivity contribution < 1.29 is 14.3 Å². The molecule has 5 heteroatoms. The molecule has 3 atom stereocenters. The highest BCUT2D eigenvalue weighted by Crippen LogP contribution is 2.38. The smallest absolute Gasteiger partial charge is 0.320 e. The van der Waals surface area contributed by atoms with E-state index in [2.05, 4.69) is 40.1 Å². The quantitative estimate of drug-likeness (QED) is 0.366. The van der Waals surface area contributed by atoms with E-state index in [1.54, 1.807) is 12.1 Å². The van der Waals surface area contributed by atoms with Crippen molar-refractivity contribution >= 4 is 5.97 Å². The monoisotopic (exact) mass is 520 g/mol. The molecule has 2 aliphatic heterocycles. The molecule has 1 aliphatic carbocycles. The van der Waals surface area contributed by atoms with Gasteiger partial charge in [0.2, 0.25) is 0 Å². The summed E-state index contributed by atoms with van der Waals surface area (Å²) >= 11 is 0. The summed E-state index contributed by atoms with van der Waals surface area (Å²) in [6, 6.07) is 15.6. The van der Waals surface area contributed by atoms with Gasteiger partial charge in [-0.2, -0.15) is 0 Å². The molecule has 206 valence electrons. The van der Waals surface area contributed by atoms with E-state index in [4.69, 9.17) is 0 Å². The van der Waals surface area contributed by atoms with E-state index in [1.165, 1.54) is 56.1 Å². The maximum atomic E-state index is 13.4. The fraction of sp³-hybridized carbons (Fsp3) is 0.606. The number of hydrogen-bond acceptors (Lipinski definition) is 3. The van der Waals surface area contributed by atoms with Crippen LogP contribution >= 0.6 is 0 Å². The van der Waals surface area contributed by atoms with Crippen LogP contribution in [0.15, 0.2) is 48.5 Å². The summed E-state index contributed by atoms with van der Waals surface area (Å²) in [4.78, 5) is 17.2. The van der Waals surface area contributed by atoms with Gasteiger partial charge in [-0.3, -0.25) is 9.69 Å². The molecule has 38 heavy (non-hydrogen) atoms. The van der Waals surface area contributed by atoms with Gasteiger partial charge in [-0.05, 0) is 98.7 Å². The van der Waals surface area contributed by atoms with Crippen molar-refractivity contribution in [3.8, 4) is 0 Å². The zero-order valence-electron chi connectivity index (χ0n) is 23.0. The molecule has 0 aromatic heterocycles. The first-order valence-electron chi connectivity index (χ1n) is 15.0. The topological polar surface area (TPSA) is 43.8 Å². The molecule has 1 saturated carbocycles. The molecule has 0 radical (unpaired) electrons. The number of likely N-dealkylation sites (tertiary alicyclic amines) is 2. The van der Waals surface area contributed by atoms with E-state index >= 15 is 0 Å². The van der Waals surface area contributed by atoms with Crippen LogP contribution in [-0.4, -0.2) is 59.6 Å². The number of aryl methyl sites for hydroxylation is 2. The second-order valence-electron chi connectivity index (χ2n) is 12.3. The molecular weight excluding hydrogens is 475 g/mol. The zero-order valence-corrected chi connectivity index (χ0v) is 23.0. The van der Waals surface area contributed by atoms with Crippen molar-refractivity contribution in [1.82, 2.24) is 9.80 Å². The normalized spacial score (nSPS) is 24.4. The van der Waals surface area contributed by atoms with Crippen LogP contribution in [0.1, 0.15) is 74.0 Å². The zero-order chi connectivity index (χ0) is 26.5. The molecule has 2 aromatic carbocycles. The molecule has 2 heterocycles. The van der Waals surface area contributed by atoms with Crippen molar-refractivity contribution in [2.24, 2.45) is 17.8 Å². The number of carboxylic acid groups (broad SMARTS) is 1. The average Bonchev–Trinajstić information content (AvgIpc) is 3.29. The van der Waals surface area contributed by atoms with Gasteiger partial charge in [-0.1, -0.05) is 62.1 Å². The van der Waals surface area contributed by atoms with Crippen LogP contribution in [0.4, 0.5) is 4.39 Å². The minimum Gasteiger partial charge on any atom is -0.480 e. The van der Waals surface area contributed by atoms with E-state index in [1.807, 2.05) is 13.0 Å². The van der Waals surface area contributed by atoms with Crippen molar-refractivity contribution in [1.29, 1.82) is 0 Å². The van der Waals surface area contributed by atoms with Gasteiger partial charge in [0, 0.05) is 25.6 Å². The predicted molar refractivity (Wildman–Crippen MR) is 151 cm³/mol. The second-order valence-corrected chi connectivity index (χ2v) is 12.3.